The minimum atomic E-state index is -0.635. The van der Waals surface area contributed by atoms with E-state index in [1.165, 1.54) is 6.20 Å². The lowest BCUT2D eigenvalue weighted by molar-refractivity contribution is -0.122. The van der Waals surface area contributed by atoms with Gasteiger partial charge in [-0.2, -0.15) is 0 Å². The molecule has 110 valence electrons. The topological polar surface area (TPSA) is 92.4 Å². The van der Waals surface area contributed by atoms with Gasteiger partial charge in [0.25, 0.3) is 5.91 Å². The Bertz CT molecular complexity index is 465. The number of carbonyl (C=O) groups is 2. The second-order valence-corrected chi connectivity index (χ2v) is 4.15. The summed E-state index contributed by atoms with van der Waals surface area (Å²) in [6.45, 7) is 2.46. The van der Waals surface area contributed by atoms with E-state index < -0.39 is 6.04 Å². The largest absolute Gasteiger partial charge is 0.387 e. The Balaban J connectivity index is 2.59. The van der Waals surface area contributed by atoms with E-state index in [-0.39, 0.29) is 11.8 Å². The molecular formula is C13H20N4O3. The Morgan fingerprint density at radius 1 is 1.45 bits per heavy atom. The second kappa shape index (κ2) is 8.11. The van der Waals surface area contributed by atoms with Crippen LogP contribution < -0.4 is 16.0 Å². The molecule has 1 aromatic heterocycles. The van der Waals surface area contributed by atoms with Crippen LogP contribution in [0.25, 0.3) is 0 Å². The normalized spacial score (nSPS) is 11.6. The highest BCUT2D eigenvalue weighted by molar-refractivity contribution is 6.01. The van der Waals surface area contributed by atoms with Gasteiger partial charge in [0.1, 0.15) is 6.04 Å². The third-order valence-electron chi connectivity index (χ3n) is 2.68. The van der Waals surface area contributed by atoms with Crippen LogP contribution in [-0.4, -0.2) is 50.1 Å². The van der Waals surface area contributed by atoms with E-state index in [9.17, 15) is 9.59 Å². The molecule has 0 radical (unpaired) electrons. The van der Waals surface area contributed by atoms with Crippen molar-refractivity contribution in [2.45, 2.75) is 13.0 Å². The molecule has 20 heavy (non-hydrogen) atoms. The van der Waals surface area contributed by atoms with Gasteiger partial charge < -0.3 is 20.7 Å². The molecule has 0 aliphatic carbocycles. The Hall–Kier alpha value is -2.15. The van der Waals surface area contributed by atoms with Crippen molar-refractivity contribution in [2.24, 2.45) is 0 Å². The zero-order valence-electron chi connectivity index (χ0n) is 11.9. The van der Waals surface area contributed by atoms with Gasteiger partial charge in [-0.3, -0.25) is 14.6 Å². The number of hydrogen-bond donors (Lipinski definition) is 3. The van der Waals surface area contributed by atoms with Crippen molar-refractivity contribution in [3.05, 3.63) is 24.0 Å². The number of nitrogens with zero attached hydrogens (tertiary/aromatic N) is 1. The van der Waals surface area contributed by atoms with E-state index in [0.717, 1.165) is 0 Å². The van der Waals surface area contributed by atoms with E-state index in [2.05, 4.69) is 20.9 Å². The van der Waals surface area contributed by atoms with Crippen LogP contribution in [0.1, 0.15) is 17.3 Å². The summed E-state index contributed by atoms with van der Waals surface area (Å²) in [5, 5.41) is 8.19. The Morgan fingerprint density at radius 2 is 2.20 bits per heavy atom. The van der Waals surface area contributed by atoms with E-state index in [1.54, 1.807) is 33.3 Å². The van der Waals surface area contributed by atoms with E-state index in [4.69, 9.17) is 4.74 Å². The minimum absolute atomic E-state index is 0.259. The number of nitrogens with one attached hydrogen (secondary N) is 3. The average Bonchev–Trinajstić information content (AvgIpc) is 2.47. The smallest absolute Gasteiger partial charge is 0.255 e. The molecule has 0 saturated heterocycles. The van der Waals surface area contributed by atoms with Gasteiger partial charge >= 0.3 is 0 Å². The third-order valence-corrected chi connectivity index (χ3v) is 2.68. The lowest BCUT2D eigenvalue weighted by Gasteiger charge is -2.15. The summed E-state index contributed by atoms with van der Waals surface area (Å²) >= 11 is 0. The molecule has 1 unspecified atom stereocenters. The fourth-order valence-electron chi connectivity index (χ4n) is 1.56. The third kappa shape index (κ3) is 4.51. The average molecular weight is 280 g/mol. The second-order valence-electron chi connectivity index (χ2n) is 4.15. The Morgan fingerprint density at radius 3 is 2.85 bits per heavy atom. The van der Waals surface area contributed by atoms with Gasteiger partial charge in [0.15, 0.2) is 0 Å². The number of aromatic nitrogens is 1. The monoisotopic (exact) mass is 280 g/mol. The Labute approximate surface area is 118 Å². The van der Waals surface area contributed by atoms with Crippen LogP contribution in [0, 0.1) is 0 Å². The van der Waals surface area contributed by atoms with E-state index >= 15 is 0 Å². The predicted octanol–water partition coefficient (Wildman–Crippen LogP) is 0.00420. The molecule has 7 nitrogen and oxygen atoms in total. The first-order chi connectivity index (χ1) is 9.60. The van der Waals surface area contributed by atoms with Gasteiger partial charge in [0, 0.05) is 38.8 Å². The fraction of sp³-hybridized carbons (Fsp3) is 0.462. The zero-order chi connectivity index (χ0) is 15.0. The molecule has 1 aromatic rings. The van der Waals surface area contributed by atoms with Crippen molar-refractivity contribution < 1.29 is 14.3 Å². The van der Waals surface area contributed by atoms with Crippen LogP contribution in [0.5, 0.6) is 0 Å². The highest BCUT2D eigenvalue weighted by Crippen LogP contribution is 2.12. The SMILES string of the molecule is CNc1ccncc1C(=O)NC(C)C(=O)NCCOC. The summed E-state index contributed by atoms with van der Waals surface area (Å²) < 4.78 is 4.83. The van der Waals surface area contributed by atoms with Gasteiger partial charge in [-0.05, 0) is 13.0 Å². The summed E-state index contributed by atoms with van der Waals surface area (Å²) in [4.78, 5) is 27.7. The van der Waals surface area contributed by atoms with Crippen LogP contribution in [-0.2, 0) is 9.53 Å². The molecule has 0 saturated carbocycles. The number of methoxy groups -OCH3 is 1. The summed E-state index contributed by atoms with van der Waals surface area (Å²) in [6.07, 6.45) is 3.04. The summed E-state index contributed by atoms with van der Waals surface area (Å²) in [6, 6.07) is 1.06. The molecule has 1 atom stereocenters. The quantitative estimate of drug-likeness (QED) is 0.612. The van der Waals surface area contributed by atoms with Crippen LogP contribution >= 0.6 is 0 Å². The maximum atomic E-state index is 12.1. The van der Waals surface area contributed by atoms with Crippen molar-refractivity contribution in [1.82, 2.24) is 15.6 Å². The number of hydrogen-bond acceptors (Lipinski definition) is 5. The minimum Gasteiger partial charge on any atom is -0.387 e. The fourth-order valence-corrected chi connectivity index (χ4v) is 1.56. The standard InChI is InChI=1S/C13H20N4O3/c1-9(12(18)16-6-7-20-3)17-13(19)10-8-15-5-4-11(10)14-2/h4-5,8-9H,6-7H2,1-3H3,(H,14,15)(H,16,18)(H,17,19). The first-order valence-electron chi connectivity index (χ1n) is 6.29. The van der Waals surface area contributed by atoms with Crippen molar-refractivity contribution in [3.63, 3.8) is 0 Å². The number of anilines is 1. The van der Waals surface area contributed by atoms with Crippen LogP contribution in [0.3, 0.4) is 0 Å². The van der Waals surface area contributed by atoms with Crippen LogP contribution in [0.4, 0.5) is 5.69 Å². The molecule has 0 bridgehead atoms. The maximum Gasteiger partial charge on any atom is 0.255 e. The number of amides is 2. The number of rotatable bonds is 7. The summed E-state index contributed by atoms with van der Waals surface area (Å²) in [7, 11) is 3.27. The van der Waals surface area contributed by atoms with Crippen molar-refractivity contribution in [1.29, 1.82) is 0 Å². The zero-order valence-corrected chi connectivity index (χ0v) is 11.9. The van der Waals surface area contributed by atoms with Crippen LogP contribution in [0.2, 0.25) is 0 Å². The molecule has 0 fully saturated rings. The van der Waals surface area contributed by atoms with E-state index in [0.29, 0.717) is 24.4 Å². The molecule has 7 heteroatoms. The van der Waals surface area contributed by atoms with Gasteiger partial charge in [-0.15, -0.1) is 0 Å². The molecule has 1 rings (SSSR count). The number of ether oxygens (including phenoxy) is 1. The first kappa shape index (κ1) is 15.9. The van der Waals surface area contributed by atoms with Gasteiger partial charge in [-0.25, -0.2) is 0 Å². The van der Waals surface area contributed by atoms with Crippen molar-refractivity contribution in [2.75, 3.05) is 32.6 Å². The van der Waals surface area contributed by atoms with E-state index in [1.807, 2.05) is 0 Å². The molecule has 0 aliphatic heterocycles. The predicted molar refractivity (Wildman–Crippen MR) is 75.6 cm³/mol. The first-order valence-corrected chi connectivity index (χ1v) is 6.29. The van der Waals surface area contributed by atoms with Gasteiger partial charge in [-0.1, -0.05) is 0 Å². The summed E-state index contributed by atoms with van der Waals surface area (Å²) in [5.41, 5.74) is 1.05. The molecule has 0 spiro atoms. The highest BCUT2D eigenvalue weighted by Gasteiger charge is 2.18. The number of pyridine rings is 1. The number of carbonyl (C=O) groups excluding carboxylic acids is 2. The molecule has 3 N–H and O–H groups in total. The van der Waals surface area contributed by atoms with Crippen LogP contribution in [0.15, 0.2) is 18.5 Å². The maximum absolute atomic E-state index is 12.1. The molecular weight excluding hydrogens is 260 g/mol. The van der Waals surface area contributed by atoms with Gasteiger partial charge in [0.05, 0.1) is 12.2 Å². The Kier molecular flexibility index (Phi) is 6.45. The molecule has 2 amide bonds. The van der Waals surface area contributed by atoms with Crippen molar-refractivity contribution in [3.8, 4) is 0 Å². The lowest BCUT2D eigenvalue weighted by Crippen LogP contribution is -2.45. The molecule has 1 heterocycles. The lowest BCUT2D eigenvalue weighted by atomic mass is 10.2. The van der Waals surface area contributed by atoms with Crippen molar-refractivity contribution >= 4 is 17.5 Å². The molecule has 0 aromatic carbocycles. The highest BCUT2D eigenvalue weighted by atomic mass is 16.5. The summed E-state index contributed by atoms with van der Waals surface area (Å²) in [5.74, 6) is -0.609. The van der Waals surface area contributed by atoms with Gasteiger partial charge in [0.2, 0.25) is 5.91 Å². The molecule has 0 aliphatic rings.